The Labute approximate surface area is 99.1 Å². The molecule has 0 aromatic heterocycles. The Morgan fingerprint density at radius 1 is 1.62 bits per heavy atom. The number of halogens is 1. The Morgan fingerprint density at radius 3 is 2.75 bits per heavy atom. The molecule has 0 spiro atoms. The lowest BCUT2D eigenvalue weighted by Crippen LogP contribution is -2.11. The zero-order valence-electron chi connectivity index (χ0n) is 8.50. The van der Waals surface area contributed by atoms with Crippen LogP contribution in [0.25, 0.3) is 0 Å². The molecule has 0 aliphatic heterocycles. The number of aromatic hydroxyl groups is 1. The lowest BCUT2D eigenvalue weighted by molar-refractivity contribution is -0.385. The van der Waals surface area contributed by atoms with Gasteiger partial charge in [0.2, 0.25) is 0 Å². The number of nitrogens with zero attached hydrogens (tertiary/aromatic N) is 1. The first-order chi connectivity index (χ1) is 7.06. The van der Waals surface area contributed by atoms with E-state index in [0.717, 1.165) is 0 Å². The smallest absolute Gasteiger partial charge is 0.274 e. The fraction of sp³-hybridized carbons (Fsp3) is 0.200. The Hall–Kier alpha value is -1.59. The molecule has 88 valence electrons. The van der Waals surface area contributed by atoms with Gasteiger partial charge in [-0.05, 0) is 18.6 Å². The third-order valence-corrected chi connectivity index (χ3v) is 2.03. The van der Waals surface area contributed by atoms with E-state index >= 15 is 0 Å². The maximum atomic E-state index is 10.7. The summed E-state index contributed by atoms with van der Waals surface area (Å²) in [4.78, 5) is 10.2. The third kappa shape index (κ3) is 3.22. The molecule has 0 radical (unpaired) electrons. The van der Waals surface area contributed by atoms with Gasteiger partial charge in [-0.2, -0.15) is 0 Å². The third-order valence-electron chi connectivity index (χ3n) is 2.03. The molecule has 0 unspecified atom stereocenters. The predicted molar refractivity (Wildman–Crippen MR) is 63.8 cm³/mol. The normalized spacial score (nSPS) is 11.3. The van der Waals surface area contributed by atoms with Gasteiger partial charge < -0.3 is 10.8 Å². The number of hydrogen-bond acceptors (Lipinski definition) is 4. The number of benzene rings is 1. The van der Waals surface area contributed by atoms with E-state index in [0.29, 0.717) is 12.0 Å². The van der Waals surface area contributed by atoms with Crippen molar-refractivity contribution in [2.24, 2.45) is 5.73 Å². The second kappa shape index (κ2) is 6.09. The van der Waals surface area contributed by atoms with Crippen molar-refractivity contribution in [2.75, 3.05) is 0 Å². The van der Waals surface area contributed by atoms with Crippen LogP contribution in [0.5, 0.6) is 5.75 Å². The van der Waals surface area contributed by atoms with Crippen LogP contribution in [0.2, 0.25) is 0 Å². The summed E-state index contributed by atoms with van der Waals surface area (Å²) in [6.07, 6.45) is 2.00. The summed E-state index contributed by atoms with van der Waals surface area (Å²) < 4.78 is 0. The van der Waals surface area contributed by atoms with Crippen molar-refractivity contribution in [3.8, 4) is 5.75 Å². The van der Waals surface area contributed by atoms with Crippen LogP contribution in [0.3, 0.4) is 0 Å². The SMILES string of the molecule is C=CC[C@@H](N)c1cc(O)ccc1[N+](=O)[O-].Cl. The lowest BCUT2D eigenvalue weighted by Gasteiger charge is -2.09. The number of rotatable bonds is 4. The van der Waals surface area contributed by atoms with E-state index in [4.69, 9.17) is 5.73 Å². The Bertz CT molecular complexity index is 396. The molecule has 1 aromatic carbocycles. The Morgan fingerprint density at radius 2 is 2.25 bits per heavy atom. The van der Waals surface area contributed by atoms with Gasteiger partial charge in [0.05, 0.1) is 10.5 Å². The average Bonchev–Trinajstić information content (AvgIpc) is 2.17. The molecule has 5 nitrogen and oxygen atoms in total. The molecular weight excluding hydrogens is 232 g/mol. The summed E-state index contributed by atoms with van der Waals surface area (Å²) in [6, 6.07) is 3.30. The highest BCUT2D eigenvalue weighted by Crippen LogP contribution is 2.29. The highest BCUT2D eigenvalue weighted by Gasteiger charge is 2.18. The van der Waals surface area contributed by atoms with Crippen molar-refractivity contribution in [1.29, 1.82) is 0 Å². The summed E-state index contributed by atoms with van der Waals surface area (Å²) in [5.41, 5.74) is 5.96. The van der Waals surface area contributed by atoms with Gasteiger partial charge in [0, 0.05) is 12.1 Å². The summed E-state index contributed by atoms with van der Waals surface area (Å²) in [6.45, 7) is 3.51. The van der Waals surface area contributed by atoms with E-state index in [9.17, 15) is 15.2 Å². The minimum absolute atomic E-state index is 0. The van der Waals surface area contributed by atoms with Crippen molar-refractivity contribution >= 4 is 18.1 Å². The van der Waals surface area contributed by atoms with Crippen molar-refractivity contribution in [3.05, 3.63) is 46.5 Å². The highest BCUT2D eigenvalue weighted by atomic mass is 35.5. The molecule has 0 aliphatic rings. The highest BCUT2D eigenvalue weighted by molar-refractivity contribution is 5.85. The summed E-state index contributed by atoms with van der Waals surface area (Å²) >= 11 is 0. The van der Waals surface area contributed by atoms with Gasteiger partial charge in [0.1, 0.15) is 5.75 Å². The topological polar surface area (TPSA) is 89.4 Å². The first-order valence-electron chi connectivity index (χ1n) is 4.40. The molecule has 0 aliphatic carbocycles. The fourth-order valence-electron chi connectivity index (χ4n) is 1.31. The molecule has 1 rings (SSSR count). The van der Waals surface area contributed by atoms with E-state index in [1.165, 1.54) is 18.2 Å². The number of phenolic OH excluding ortho intramolecular Hbond substituents is 1. The average molecular weight is 245 g/mol. The molecule has 3 N–H and O–H groups in total. The predicted octanol–water partition coefficient (Wildman–Crippen LogP) is 2.30. The minimum atomic E-state index is -0.519. The zero-order chi connectivity index (χ0) is 11.4. The van der Waals surface area contributed by atoms with Crippen molar-refractivity contribution in [2.45, 2.75) is 12.5 Å². The largest absolute Gasteiger partial charge is 0.508 e. The van der Waals surface area contributed by atoms with Crippen LogP contribution in [0.4, 0.5) is 5.69 Å². The first kappa shape index (κ1) is 14.4. The molecule has 0 amide bonds. The molecule has 0 saturated carbocycles. The second-order valence-corrected chi connectivity index (χ2v) is 3.13. The zero-order valence-corrected chi connectivity index (χ0v) is 9.31. The number of phenols is 1. The van der Waals surface area contributed by atoms with Crippen molar-refractivity contribution in [3.63, 3.8) is 0 Å². The molecular formula is C10H13ClN2O3. The molecule has 16 heavy (non-hydrogen) atoms. The summed E-state index contributed by atoms with van der Waals surface area (Å²) in [5.74, 6) is -0.0323. The molecule has 1 aromatic rings. The van der Waals surface area contributed by atoms with Crippen LogP contribution in [0.15, 0.2) is 30.9 Å². The van der Waals surface area contributed by atoms with E-state index < -0.39 is 11.0 Å². The van der Waals surface area contributed by atoms with Gasteiger partial charge in [-0.1, -0.05) is 6.08 Å². The van der Waals surface area contributed by atoms with E-state index in [2.05, 4.69) is 6.58 Å². The van der Waals surface area contributed by atoms with Gasteiger partial charge in [-0.15, -0.1) is 19.0 Å². The van der Waals surface area contributed by atoms with Gasteiger partial charge in [-0.25, -0.2) is 0 Å². The van der Waals surface area contributed by atoms with Crippen LogP contribution >= 0.6 is 12.4 Å². The minimum Gasteiger partial charge on any atom is -0.508 e. The van der Waals surface area contributed by atoms with Gasteiger partial charge >= 0.3 is 0 Å². The second-order valence-electron chi connectivity index (χ2n) is 3.13. The van der Waals surface area contributed by atoms with E-state index in [1.54, 1.807) is 6.08 Å². The molecule has 1 atom stereocenters. The first-order valence-corrected chi connectivity index (χ1v) is 4.40. The van der Waals surface area contributed by atoms with Gasteiger partial charge in [0.15, 0.2) is 0 Å². The monoisotopic (exact) mass is 244 g/mol. The van der Waals surface area contributed by atoms with Crippen LogP contribution in [0, 0.1) is 10.1 Å². The van der Waals surface area contributed by atoms with Crippen LogP contribution in [0.1, 0.15) is 18.0 Å². The van der Waals surface area contributed by atoms with Crippen LogP contribution < -0.4 is 5.73 Å². The van der Waals surface area contributed by atoms with Crippen LogP contribution in [-0.2, 0) is 0 Å². The maximum absolute atomic E-state index is 10.7. The van der Waals surface area contributed by atoms with E-state index in [-0.39, 0.29) is 23.8 Å². The Kier molecular flexibility index (Phi) is 5.49. The van der Waals surface area contributed by atoms with Gasteiger partial charge in [0.25, 0.3) is 5.69 Å². The van der Waals surface area contributed by atoms with Crippen molar-refractivity contribution < 1.29 is 10.0 Å². The number of nitro groups is 1. The molecule has 0 fully saturated rings. The summed E-state index contributed by atoms with van der Waals surface area (Å²) in [5, 5.41) is 19.9. The molecule has 0 bridgehead atoms. The Balaban J connectivity index is 0.00000225. The number of nitro benzene ring substituents is 1. The summed E-state index contributed by atoms with van der Waals surface area (Å²) in [7, 11) is 0. The van der Waals surface area contributed by atoms with Crippen molar-refractivity contribution in [1.82, 2.24) is 0 Å². The van der Waals surface area contributed by atoms with E-state index in [1.807, 2.05) is 0 Å². The molecule has 6 heteroatoms. The van der Waals surface area contributed by atoms with Gasteiger partial charge in [-0.3, -0.25) is 10.1 Å². The quantitative estimate of drug-likeness (QED) is 0.483. The molecule has 0 saturated heterocycles. The van der Waals surface area contributed by atoms with Crippen LogP contribution in [-0.4, -0.2) is 10.0 Å². The number of hydrogen-bond donors (Lipinski definition) is 2. The number of nitrogens with two attached hydrogens (primary N) is 1. The maximum Gasteiger partial charge on any atom is 0.274 e. The molecule has 0 heterocycles. The standard InChI is InChI=1S/C10H12N2O3.ClH/c1-2-3-9(11)8-6-7(13)4-5-10(8)12(14)15;/h2,4-6,9,13H,1,3,11H2;1H/t9-;/m1./s1. The fourth-order valence-corrected chi connectivity index (χ4v) is 1.31. The lowest BCUT2D eigenvalue weighted by atomic mass is 10.0.